The largest absolute Gasteiger partial charge is 0.297 e. The number of benzene rings is 3. The summed E-state index contributed by atoms with van der Waals surface area (Å²) in [6, 6.07) is 27.4. The summed E-state index contributed by atoms with van der Waals surface area (Å²) in [5.74, 6) is -0.697. The van der Waals surface area contributed by atoms with Crippen molar-refractivity contribution < 1.29 is 13.2 Å². The SMILES string of the molecule is O=C(c1ccccc1)[C@@H]1CN(Cc2ccccc2)C[C@H]1S(=O)(=O)c1ccccc1. The molecule has 148 valence electrons. The molecule has 0 spiro atoms. The third kappa shape index (κ3) is 4.16. The summed E-state index contributed by atoms with van der Waals surface area (Å²) in [5.41, 5.74) is 1.67. The maximum atomic E-state index is 13.4. The molecule has 0 radical (unpaired) electrons. The molecule has 0 saturated carbocycles. The fraction of sp³-hybridized carbons (Fsp3) is 0.208. The van der Waals surface area contributed by atoms with Gasteiger partial charge in [0, 0.05) is 25.2 Å². The Kier molecular flexibility index (Phi) is 5.60. The van der Waals surface area contributed by atoms with Crippen LogP contribution in [0.25, 0.3) is 0 Å². The average Bonchev–Trinajstić information content (AvgIpc) is 3.20. The summed E-state index contributed by atoms with van der Waals surface area (Å²) in [7, 11) is -3.63. The van der Waals surface area contributed by atoms with Gasteiger partial charge >= 0.3 is 0 Å². The molecule has 1 aliphatic heterocycles. The van der Waals surface area contributed by atoms with Gasteiger partial charge in [0.15, 0.2) is 15.6 Å². The Balaban J connectivity index is 1.66. The summed E-state index contributed by atoms with van der Waals surface area (Å²) >= 11 is 0. The fourth-order valence-electron chi connectivity index (χ4n) is 3.99. The molecule has 0 unspecified atom stereocenters. The van der Waals surface area contributed by atoms with E-state index in [1.165, 1.54) is 0 Å². The van der Waals surface area contributed by atoms with E-state index in [0.717, 1.165) is 5.56 Å². The van der Waals surface area contributed by atoms with E-state index < -0.39 is 21.0 Å². The van der Waals surface area contributed by atoms with Crippen LogP contribution in [0, 0.1) is 5.92 Å². The molecule has 4 rings (SSSR count). The van der Waals surface area contributed by atoms with Crippen LogP contribution in [0.3, 0.4) is 0 Å². The van der Waals surface area contributed by atoms with Crippen molar-refractivity contribution in [2.45, 2.75) is 16.7 Å². The molecule has 1 saturated heterocycles. The van der Waals surface area contributed by atoms with E-state index in [1.807, 2.05) is 48.5 Å². The second-order valence-electron chi connectivity index (χ2n) is 7.41. The van der Waals surface area contributed by atoms with Crippen molar-refractivity contribution in [3.8, 4) is 0 Å². The quantitative estimate of drug-likeness (QED) is 0.585. The fourth-order valence-corrected chi connectivity index (χ4v) is 5.93. The van der Waals surface area contributed by atoms with Crippen LogP contribution in [-0.2, 0) is 16.4 Å². The highest BCUT2D eigenvalue weighted by molar-refractivity contribution is 7.92. The number of ketones is 1. The highest BCUT2D eigenvalue weighted by atomic mass is 32.2. The van der Waals surface area contributed by atoms with Crippen molar-refractivity contribution >= 4 is 15.6 Å². The Hall–Kier alpha value is -2.76. The zero-order valence-electron chi connectivity index (χ0n) is 16.0. The van der Waals surface area contributed by atoms with E-state index in [9.17, 15) is 13.2 Å². The third-order valence-electron chi connectivity index (χ3n) is 5.46. The highest BCUT2D eigenvalue weighted by Gasteiger charge is 2.45. The second-order valence-corrected chi connectivity index (χ2v) is 9.58. The van der Waals surface area contributed by atoms with Gasteiger partial charge in [0.05, 0.1) is 16.1 Å². The lowest BCUT2D eigenvalue weighted by Crippen LogP contribution is -2.34. The first-order chi connectivity index (χ1) is 14.1. The van der Waals surface area contributed by atoms with E-state index >= 15 is 0 Å². The minimum Gasteiger partial charge on any atom is -0.297 e. The topological polar surface area (TPSA) is 54.5 Å². The minimum atomic E-state index is -3.63. The summed E-state index contributed by atoms with van der Waals surface area (Å²) in [6.45, 7) is 1.40. The van der Waals surface area contributed by atoms with Gasteiger partial charge in [-0.05, 0) is 17.7 Å². The molecule has 1 aliphatic rings. The predicted octanol–water partition coefficient (Wildman–Crippen LogP) is 3.84. The van der Waals surface area contributed by atoms with Gasteiger partial charge in [0.2, 0.25) is 0 Å². The van der Waals surface area contributed by atoms with Crippen molar-refractivity contribution in [3.63, 3.8) is 0 Å². The van der Waals surface area contributed by atoms with Gasteiger partial charge < -0.3 is 0 Å². The Morgan fingerprint density at radius 2 is 1.34 bits per heavy atom. The Bertz CT molecular complexity index is 1070. The van der Waals surface area contributed by atoms with Gasteiger partial charge in [-0.2, -0.15) is 0 Å². The van der Waals surface area contributed by atoms with Crippen LogP contribution in [-0.4, -0.2) is 37.4 Å². The van der Waals surface area contributed by atoms with Crippen LogP contribution in [0.1, 0.15) is 15.9 Å². The maximum absolute atomic E-state index is 13.4. The molecule has 3 aromatic rings. The Labute approximate surface area is 171 Å². The van der Waals surface area contributed by atoms with Crippen LogP contribution < -0.4 is 0 Å². The molecule has 2 atom stereocenters. The molecule has 0 amide bonds. The molecule has 4 nitrogen and oxygen atoms in total. The van der Waals surface area contributed by atoms with Crippen LogP contribution in [0.15, 0.2) is 95.9 Å². The smallest absolute Gasteiger partial charge is 0.183 e. The van der Waals surface area contributed by atoms with Crippen molar-refractivity contribution in [1.29, 1.82) is 0 Å². The van der Waals surface area contributed by atoms with E-state index in [0.29, 0.717) is 25.2 Å². The Morgan fingerprint density at radius 3 is 1.97 bits per heavy atom. The number of rotatable bonds is 6. The molecule has 3 aromatic carbocycles. The number of carbonyl (C=O) groups is 1. The average molecular weight is 406 g/mol. The van der Waals surface area contributed by atoms with E-state index in [-0.39, 0.29) is 10.7 Å². The summed E-state index contributed by atoms with van der Waals surface area (Å²) in [6.07, 6.45) is 0. The molecular formula is C24H23NO3S. The summed E-state index contributed by atoms with van der Waals surface area (Å²) in [5, 5.41) is -0.763. The number of hydrogen-bond acceptors (Lipinski definition) is 4. The molecule has 0 aliphatic carbocycles. The van der Waals surface area contributed by atoms with Crippen LogP contribution in [0.2, 0.25) is 0 Å². The second kappa shape index (κ2) is 8.31. The van der Waals surface area contributed by atoms with Gasteiger partial charge in [-0.3, -0.25) is 9.69 Å². The first kappa shape index (κ1) is 19.6. The number of likely N-dealkylation sites (tertiary alicyclic amines) is 1. The highest BCUT2D eigenvalue weighted by Crippen LogP contribution is 2.31. The molecular weight excluding hydrogens is 382 g/mol. The summed E-state index contributed by atoms with van der Waals surface area (Å²) < 4.78 is 26.8. The lowest BCUT2D eigenvalue weighted by molar-refractivity contribution is 0.0923. The maximum Gasteiger partial charge on any atom is 0.183 e. The van der Waals surface area contributed by atoms with Gasteiger partial charge in [0.1, 0.15) is 0 Å². The van der Waals surface area contributed by atoms with Crippen LogP contribution in [0.5, 0.6) is 0 Å². The number of sulfone groups is 1. The molecule has 0 N–H and O–H groups in total. The molecule has 1 heterocycles. The number of carbonyl (C=O) groups excluding carboxylic acids is 1. The van der Waals surface area contributed by atoms with Crippen LogP contribution >= 0.6 is 0 Å². The molecule has 0 bridgehead atoms. The predicted molar refractivity (Wildman–Crippen MR) is 113 cm³/mol. The van der Waals surface area contributed by atoms with Crippen molar-refractivity contribution in [2.24, 2.45) is 5.92 Å². The van der Waals surface area contributed by atoms with E-state index in [4.69, 9.17) is 0 Å². The molecule has 1 fully saturated rings. The monoisotopic (exact) mass is 405 g/mol. The summed E-state index contributed by atoms with van der Waals surface area (Å²) in [4.78, 5) is 15.6. The molecule has 5 heteroatoms. The van der Waals surface area contributed by atoms with E-state index in [1.54, 1.807) is 42.5 Å². The third-order valence-corrected chi connectivity index (χ3v) is 7.66. The standard InChI is InChI=1S/C24H23NO3S/c26-24(20-12-6-2-7-13-20)22-17-25(16-19-10-4-1-5-11-19)18-23(22)29(27,28)21-14-8-3-9-15-21/h1-15,22-23H,16-18H2/t22-,23-/m1/s1. The van der Waals surface area contributed by atoms with E-state index in [2.05, 4.69) is 4.90 Å². The van der Waals surface area contributed by atoms with Gasteiger partial charge in [-0.15, -0.1) is 0 Å². The Morgan fingerprint density at radius 1 is 0.793 bits per heavy atom. The lowest BCUT2D eigenvalue weighted by atomic mass is 9.96. The van der Waals surface area contributed by atoms with Crippen molar-refractivity contribution in [3.05, 3.63) is 102 Å². The molecule has 0 aromatic heterocycles. The lowest BCUT2D eigenvalue weighted by Gasteiger charge is -2.18. The van der Waals surface area contributed by atoms with Crippen molar-refractivity contribution in [1.82, 2.24) is 4.90 Å². The van der Waals surface area contributed by atoms with Crippen molar-refractivity contribution in [2.75, 3.05) is 13.1 Å². The zero-order chi connectivity index (χ0) is 20.3. The first-order valence-electron chi connectivity index (χ1n) is 9.70. The number of hydrogen-bond donors (Lipinski definition) is 0. The van der Waals surface area contributed by atoms with Gasteiger partial charge in [-0.25, -0.2) is 8.42 Å². The zero-order valence-corrected chi connectivity index (χ0v) is 16.8. The first-order valence-corrected chi connectivity index (χ1v) is 11.2. The number of nitrogens with zero attached hydrogens (tertiary/aromatic N) is 1. The van der Waals surface area contributed by atoms with Gasteiger partial charge in [-0.1, -0.05) is 78.9 Å². The van der Waals surface area contributed by atoms with Crippen LogP contribution in [0.4, 0.5) is 0 Å². The normalized spacial score (nSPS) is 19.9. The molecule has 29 heavy (non-hydrogen) atoms. The van der Waals surface area contributed by atoms with Gasteiger partial charge in [0.25, 0.3) is 0 Å². The number of Topliss-reactive ketones (excluding diaryl/α,β-unsaturated/α-hetero) is 1. The minimum absolute atomic E-state index is 0.106.